The summed E-state index contributed by atoms with van der Waals surface area (Å²) in [6.45, 7) is 4.42. The van der Waals surface area contributed by atoms with Crippen LogP contribution in [0.2, 0.25) is 0 Å². The maximum absolute atomic E-state index is 12.9. The van der Waals surface area contributed by atoms with Crippen molar-refractivity contribution in [2.75, 3.05) is 0 Å². The Hall–Kier alpha value is -3.39. The van der Waals surface area contributed by atoms with Gasteiger partial charge in [-0.15, -0.1) is 0 Å². The fourth-order valence-corrected chi connectivity index (χ4v) is 4.08. The molecule has 0 bridgehead atoms. The number of nitrogens with zero attached hydrogens (tertiary/aromatic N) is 4. The molecule has 0 atom stereocenters. The van der Waals surface area contributed by atoms with Crippen LogP contribution in [0.4, 0.5) is 0 Å². The third-order valence-electron chi connectivity index (χ3n) is 4.89. The predicted octanol–water partition coefficient (Wildman–Crippen LogP) is 3.83. The zero-order valence-electron chi connectivity index (χ0n) is 16.8. The highest BCUT2D eigenvalue weighted by molar-refractivity contribution is 7.98. The molecule has 0 saturated heterocycles. The Morgan fingerprint density at radius 3 is 2.63 bits per heavy atom. The summed E-state index contributed by atoms with van der Waals surface area (Å²) in [7, 11) is 0. The minimum atomic E-state index is -0.102. The van der Waals surface area contributed by atoms with Gasteiger partial charge in [0, 0.05) is 29.1 Å². The molecule has 2 N–H and O–H groups in total. The van der Waals surface area contributed by atoms with E-state index in [1.165, 1.54) is 18.1 Å². The first-order chi connectivity index (χ1) is 14.6. The van der Waals surface area contributed by atoms with E-state index in [2.05, 4.69) is 25.6 Å². The lowest BCUT2D eigenvalue weighted by atomic mass is 10.1. The highest BCUT2D eigenvalue weighted by Crippen LogP contribution is 2.22. The van der Waals surface area contributed by atoms with Gasteiger partial charge in [0.05, 0.1) is 11.4 Å². The molecule has 0 aliphatic rings. The van der Waals surface area contributed by atoms with Gasteiger partial charge in [0.15, 0.2) is 5.16 Å². The number of hydrogen-bond acceptors (Lipinski definition) is 5. The zero-order chi connectivity index (χ0) is 20.9. The molecule has 2 aromatic carbocycles. The standard InChI is InChI=1S/C22H22N6OS/c1-15-20(16(2)28(27-15)18-9-4-3-5-10-18)12-23-21(29)19-11-7-6-8-17(19)13-30-22-24-14-25-26-22/h3-11,14H,12-13H2,1-2H3,(H,23,29)(H,24,25,26). The smallest absolute Gasteiger partial charge is 0.251 e. The Morgan fingerprint density at radius 2 is 1.87 bits per heavy atom. The zero-order valence-corrected chi connectivity index (χ0v) is 17.6. The van der Waals surface area contributed by atoms with Gasteiger partial charge in [-0.05, 0) is 37.6 Å². The Labute approximate surface area is 178 Å². The third-order valence-corrected chi connectivity index (χ3v) is 5.81. The van der Waals surface area contributed by atoms with Crippen LogP contribution in [0.15, 0.2) is 66.1 Å². The Bertz CT molecular complexity index is 1140. The van der Waals surface area contributed by atoms with Gasteiger partial charge in [-0.25, -0.2) is 9.67 Å². The number of carbonyl (C=O) groups is 1. The first-order valence-electron chi connectivity index (χ1n) is 9.58. The van der Waals surface area contributed by atoms with Crippen LogP contribution in [-0.2, 0) is 12.3 Å². The molecule has 2 aromatic heterocycles. The van der Waals surface area contributed by atoms with Crippen molar-refractivity contribution >= 4 is 17.7 Å². The van der Waals surface area contributed by atoms with Gasteiger partial charge in [0.1, 0.15) is 6.33 Å². The molecule has 0 aliphatic carbocycles. The summed E-state index contributed by atoms with van der Waals surface area (Å²) in [6, 6.07) is 17.6. The van der Waals surface area contributed by atoms with Gasteiger partial charge >= 0.3 is 0 Å². The second kappa shape index (κ2) is 8.96. The van der Waals surface area contributed by atoms with Crippen molar-refractivity contribution < 1.29 is 4.79 Å². The molecule has 2 heterocycles. The highest BCUT2D eigenvalue weighted by atomic mass is 32.2. The number of carbonyl (C=O) groups excluding carboxylic acids is 1. The van der Waals surface area contributed by atoms with Crippen molar-refractivity contribution in [2.45, 2.75) is 31.3 Å². The number of aryl methyl sites for hydroxylation is 1. The van der Waals surface area contributed by atoms with Crippen molar-refractivity contribution in [1.82, 2.24) is 30.3 Å². The van der Waals surface area contributed by atoms with E-state index < -0.39 is 0 Å². The fraction of sp³-hybridized carbons (Fsp3) is 0.182. The van der Waals surface area contributed by atoms with Crippen LogP contribution in [0.3, 0.4) is 0 Å². The minimum absolute atomic E-state index is 0.102. The fourth-order valence-electron chi connectivity index (χ4n) is 3.29. The van der Waals surface area contributed by atoms with E-state index in [4.69, 9.17) is 0 Å². The first-order valence-corrected chi connectivity index (χ1v) is 10.6. The lowest BCUT2D eigenvalue weighted by Gasteiger charge is -2.10. The number of H-pyrrole nitrogens is 1. The number of aromatic nitrogens is 5. The maximum Gasteiger partial charge on any atom is 0.251 e. The molecule has 4 aromatic rings. The van der Waals surface area contributed by atoms with Crippen molar-refractivity contribution in [3.8, 4) is 5.69 Å². The van der Waals surface area contributed by atoms with Crippen LogP contribution in [0, 0.1) is 13.8 Å². The second-order valence-electron chi connectivity index (χ2n) is 6.82. The number of rotatable bonds is 7. The molecule has 0 radical (unpaired) electrons. The van der Waals surface area contributed by atoms with E-state index in [0.29, 0.717) is 17.9 Å². The summed E-state index contributed by atoms with van der Waals surface area (Å²) in [6.07, 6.45) is 1.47. The number of benzene rings is 2. The minimum Gasteiger partial charge on any atom is -0.348 e. The predicted molar refractivity (Wildman–Crippen MR) is 117 cm³/mol. The third kappa shape index (κ3) is 4.28. The van der Waals surface area contributed by atoms with Crippen molar-refractivity contribution in [3.63, 3.8) is 0 Å². The van der Waals surface area contributed by atoms with Gasteiger partial charge in [0.25, 0.3) is 5.91 Å². The number of thioether (sulfide) groups is 1. The molecule has 0 aliphatic heterocycles. The highest BCUT2D eigenvalue weighted by Gasteiger charge is 2.16. The molecule has 0 saturated carbocycles. The summed E-state index contributed by atoms with van der Waals surface area (Å²) in [5.41, 5.74) is 5.57. The van der Waals surface area contributed by atoms with Gasteiger partial charge in [-0.2, -0.15) is 10.2 Å². The van der Waals surface area contributed by atoms with E-state index in [-0.39, 0.29) is 5.91 Å². The summed E-state index contributed by atoms with van der Waals surface area (Å²) >= 11 is 1.51. The van der Waals surface area contributed by atoms with Crippen molar-refractivity contribution in [1.29, 1.82) is 0 Å². The number of hydrogen-bond donors (Lipinski definition) is 2. The Balaban J connectivity index is 1.47. The Morgan fingerprint density at radius 1 is 1.10 bits per heavy atom. The molecular formula is C22H22N6OS. The van der Waals surface area contributed by atoms with Crippen LogP contribution in [-0.4, -0.2) is 30.9 Å². The molecule has 30 heavy (non-hydrogen) atoms. The molecule has 152 valence electrons. The molecule has 4 rings (SSSR count). The quantitative estimate of drug-likeness (QED) is 0.445. The van der Waals surface area contributed by atoms with E-state index in [0.717, 1.165) is 33.4 Å². The van der Waals surface area contributed by atoms with Crippen LogP contribution in [0.1, 0.15) is 32.9 Å². The number of para-hydroxylation sites is 1. The van der Waals surface area contributed by atoms with Crippen LogP contribution >= 0.6 is 11.8 Å². The lowest BCUT2D eigenvalue weighted by Crippen LogP contribution is -2.24. The Kier molecular flexibility index (Phi) is 5.94. The van der Waals surface area contributed by atoms with Gasteiger partial charge in [-0.3, -0.25) is 9.89 Å². The van der Waals surface area contributed by atoms with Crippen LogP contribution < -0.4 is 5.32 Å². The normalized spacial score (nSPS) is 10.9. The maximum atomic E-state index is 12.9. The molecule has 1 amide bonds. The van der Waals surface area contributed by atoms with Crippen LogP contribution in [0.5, 0.6) is 0 Å². The van der Waals surface area contributed by atoms with E-state index in [9.17, 15) is 4.79 Å². The summed E-state index contributed by atoms with van der Waals surface area (Å²) in [5, 5.41) is 15.1. The SMILES string of the molecule is Cc1nn(-c2ccccc2)c(C)c1CNC(=O)c1ccccc1CSc1ncn[nH]1. The van der Waals surface area contributed by atoms with Gasteiger partial charge < -0.3 is 5.32 Å². The van der Waals surface area contributed by atoms with Crippen LogP contribution in [0.25, 0.3) is 5.69 Å². The molecule has 0 unspecified atom stereocenters. The summed E-state index contributed by atoms with van der Waals surface area (Å²) in [4.78, 5) is 17.0. The average molecular weight is 419 g/mol. The second-order valence-corrected chi connectivity index (χ2v) is 7.78. The molecule has 0 spiro atoms. The van der Waals surface area contributed by atoms with Crippen molar-refractivity contribution in [3.05, 3.63) is 89.0 Å². The lowest BCUT2D eigenvalue weighted by molar-refractivity contribution is 0.0950. The largest absolute Gasteiger partial charge is 0.348 e. The average Bonchev–Trinajstić information content (AvgIpc) is 3.39. The molecule has 8 heteroatoms. The number of nitrogens with one attached hydrogen (secondary N) is 2. The molecule has 0 fully saturated rings. The number of amides is 1. The van der Waals surface area contributed by atoms with Gasteiger partial charge in [0.2, 0.25) is 0 Å². The summed E-state index contributed by atoms with van der Waals surface area (Å²) < 4.78 is 1.92. The van der Waals surface area contributed by atoms with E-state index >= 15 is 0 Å². The number of aromatic amines is 1. The monoisotopic (exact) mass is 418 g/mol. The van der Waals surface area contributed by atoms with E-state index in [1.54, 1.807) is 0 Å². The van der Waals surface area contributed by atoms with E-state index in [1.807, 2.05) is 73.1 Å². The topological polar surface area (TPSA) is 88.5 Å². The summed E-state index contributed by atoms with van der Waals surface area (Å²) in [5.74, 6) is 0.526. The van der Waals surface area contributed by atoms with Gasteiger partial charge in [-0.1, -0.05) is 48.2 Å². The van der Waals surface area contributed by atoms with Crippen molar-refractivity contribution in [2.24, 2.45) is 0 Å². The molecule has 7 nitrogen and oxygen atoms in total. The molecular weight excluding hydrogens is 396 g/mol. The first kappa shape index (κ1) is 19.9.